The third kappa shape index (κ3) is 5.30. The predicted octanol–water partition coefficient (Wildman–Crippen LogP) is 1.31. The molecular weight excluding hydrogens is 272 g/mol. The largest absolute Gasteiger partial charge is 0.466 e. The molecule has 0 aliphatic carbocycles. The third-order valence-electron chi connectivity index (χ3n) is 2.55. The summed E-state index contributed by atoms with van der Waals surface area (Å²) in [4.78, 5) is 35.7. The molecule has 0 saturated carbocycles. The van der Waals surface area contributed by atoms with Crippen LogP contribution in [-0.4, -0.2) is 22.1 Å². The van der Waals surface area contributed by atoms with Gasteiger partial charge >= 0.3 is 11.7 Å². The van der Waals surface area contributed by atoms with E-state index in [4.69, 9.17) is 16.3 Å². The van der Waals surface area contributed by atoms with Gasteiger partial charge in [0.2, 0.25) is 0 Å². The van der Waals surface area contributed by atoms with Gasteiger partial charge in [0.25, 0.3) is 5.56 Å². The molecular formula is C12H17ClN2O4. The van der Waals surface area contributed by atoms with Gasteiger partial charge in [-0.3, -0.25) is 19.1 Å². The van der Waals surface area contributed by atoms with Crippen LogP contribution in [0.4, 0.5) is 0 Å². The van der Waals surface area contributed by atoms with Gasteiger partial charge in [-0.25, -0.2) is 4.79 Å². The fourth-order valence-electron chi connectivity index (χ4n) is 1.61. The number of nitrogens with zero attached hydrogens (tertiary/aromatic N) is 1. The van der Waals surface area contributed by atoms with Crippen molar-refractivity contribution in [3.8, 4) is 0 Å². The molecule has 0 unspecified atom stereocenters. The van der Waals surface area contributed by atoms with Crippen molar-refractivity contribution in [1.29, 1.82) is 0 Å². The summed E-state index contributed by atoms with van der Waals surface area (Å²) in [6.07, 6.45) is 3.94. The lowest BCUT2D eigenvalue weighted by molar-refractivity contribution is -0.143. The van der Waals surface area contributed by atoms with Crippen LogP contribution in [0.25, 0.3) is 0 Å². The Kier molecular flexibility index (Phi) is 6.35. The van der Waals surface area contributed by atoms with Gasteiger partial charge in [0.05, 0.1) is 6.61 Å². The van der Waals surface area contributed by atoms with E-state index in [2.05, 4.69) is 4.98 Å². The van der Waals surface area contributed by atoms with Crippen molar-refractivity contribution in [2.24, 2.45) is 0 Å². The number of aromatic amines is 1. The lowest BCUT2D eigenvalue weighted by Crippen LogP contribution is -2.29. The maximum atomic E-state index is 11.4. The number of H-pyrrole nitrogens is 1. The van der Waals surface area contributed by atoms with Gasteiger partial charge in [-0.2, -0.15) is 0 Å². The molecule has 0 bridgehead atoms. The van der Waals surface area contributed by atoms with Crippen LogP contribution in [0.15, 0.2) is 15.8 Å². The number of aryl methyl sites for hydroxylation is 1. The van der Waals surface area contributed by atoms with Crippen LogP contribution in [-0.2, 0) is 16.1 Å². The highest BCUT2D eigenvalue weighted by Gasteiger charge is 2.03. The zero-order chi connectivity index (χ0) is 14.3. The molecule has 1 heterocycles. The highest BCUT2D eigenvalue weighted by Crippen LogP contribution is 2.03. The van der Waals surface area contributed by atoms with Gasteiger partial charge in [-0.15, -0.1) is 0 Å². The van der Waals surface area contributed by atoms with E-state index in [0.29, 0.717) is 26.0 Å². The monoisotopic (exact) mass is 288 g/mol. The summed E-state index contributed by atoms with van der Waals surface area (Å²) in [5.41, 5.74) is -1.05. The molecule has 0 aliphatic rings. The average Bonchev–Trinajstić information content (AvgIpc) is 2.35. The first kappa shape index (κ1) is 15.5. The molecule has 6 nitrogen and oxygen atoms in total. The lowest BCUT2D eigenvalue weighted by Gasteiger charge is -2.05. The van der Waals surface area contributed by atoms with E-state index in [1.165, 1.54) is 10.8 Å². The van der Waals surface area contributed by atoms with E-state index in [1.54, 1.807) is 6.92 Å². The molecule has 1 N–H and O–H groups in total. The Hall–Kier alpha value is -1.56. The van der Waals surface area contributed by atoms with Crippen molar-refractivity contribution >= 4 is 17.6 Å². The second kappa shape index (κ2) is 7.78. The SMILES string of the molecule is CCOC(=O)CCCCCn1cc(Cl)c(=O)[nH]c1=O. The standard InChI is InChI=1S/C12H17ClN2O4/c1-2-19-10(16)6-4-3-5-7-15-8-9(13)11(17)14-12(15)18/h8H,2-7H2,1H3,(H,14,17,18). The minimum Gasteiger partial charge on any atom is -0.466 e. The zero-order valence-corrected chi connectivity index (χ0v) is 11.5. The number of hydrogen-bond donors (Lipinski definition) is 1. The maximum Gasteiger partial charge on any atom is 0.328 e. The summed E-state index contributed by atoms with van der Waals surface area (Å²) >= 11 is 5.64. The Morgan fingerprint density at radius 1 is 1.37 bits per heavy atom. The maximum absolute atomic E-state index is 11.4. The van der Waals surface area contributed by atoms with Gasteiger partial charge in [-0.1, -0.05) is 18.0 Å². The molecule has 0 fully saturated rings. The zero-order valence-electron chi connectivity index (χ0n) is 10.8. The molecule has 0 aliphatic heterocycles. The summed E-state index contributed by atoms with van der Waals surface area (Å²) in [6, 6.07) is 0. The Bertz CT molecular complexity index is 535. The Balaban J connectivity index is 2.34. The van der Waals surface area contributed by atoms with Crippen molar-refractivity contribution in [2.75, 3.05) is 6.61 Å². The number of nitrogens with one attached hydrogen (secondary N) is 1. The highest BCUT2D eigenvalue weighted by atomic mass is 35.5. The normalized spacial score (nSPS) is 10.4. The molecule has 1 aromatic rings. The summed E-state index contributed by atoms with van der Waals surface area (Å²) in [5, 5.41) is -0.00822. The van der Waals surface area contributed by atoms with Crippen LogP contribution in [0.5, 0.6) is 0 Å². The predicted molar refractivity (Wildman–Crippen MR) is 71.4 cm³/mol. The lowest BCUT2D eigenvalue weighted by atomic mass is 10.2. The van der Waals surface area contributed by atoms with Crippen LogP contribution in [0.1, 0.15) is 32.6 Å². The van der Waals surface area contributed by atoms with Gasteiger partial charge in [0.1, 0.15) is 5.02 Å². The molecule has 0 aromatic carbocycles. The number of esters is 1. The van der Waals surface area contributed by atoms with Crippen LogP contribution in [0.2, 0.25) is 5.02 Å². The van der Waals surface area contributed by atoms with E-state index in [-0.39, 0.29) is 11.0 Å². The fourth-order valence-corrected chi connectivity index (χ4v) is 1.78. The number of rotatable bonds is 7. The molecule has 0 saturated heterocycles. The minimum atomic E-state index is -0.578. The van der Waals surface area contributed by atoms with Gasteiger partial charge < -0.3 is 4.74 Å². The second-order valence-corrected chi connectivity index (χ2v) is 4.45. The Morgan fingerprint density at radius 2 is 2.11 bits per heavy atom. The second-order valence-electron chi connectivity index (χ2n) is 4.05. The summed E-state index contributed by atoms with van der Waals surface area (Å²) in [5.74, 6) is -0.202. The summed E-state index contributed by atoms with van der Waals surface area (Å²) in [7, 11) is 0. The van der Waals surface area contributed by atoms with Crippen LogP contribution in [0, 0.1) is 0 Å². The van der Waals surface area contributed by atoms with Crippen LogP contribution >= 0.6 is 11.6 Å². The Labute approximate surface area is 115 Å². The number of ether oxygens (including phenoxy) is 1. The van der Waals surface area contributed by atoms with Gasteiger partial charge in [0, 0.05) is 19.2 Å². The molecule has 106 valence electrons. The first-order valence-electron chi connectivity index (χ1n) is 6.19. The number of unbranched alkanes of at least 4 members (excludes halogenated alkanes) is 2. The number of hydrogen-bond acceptors (Lipinski definition) is 4. The fraction of sp³-hybridized carbons (Fsp3) is 0.583. The van der Waals surface area contributed by atoms with E-state index in [9.17, 15) is 14.4 Å². The van der Waals surface area contributed by atoms with Crippen molar-refractivity contribution in [3.63, 3.8) is 0 Å². The topological polar surface area (TPSA) is 81.2 Å². The first-order valence-corrected chi connectivity index (χ1v) is 6.57. The highest BCUT2D eigenvalue weighted by molar-refractivity contribution is 6.30. The van der Waals surface area contributed by atoms with Crippen molar-refractivity contribution < 1.29 is 9.53 Å². The molecule has 19 heavy (non-hydrogen) atoms. The minimum absolute atomic E-state index is 0.00822. The molecule has 0 atom stereocenters. The van der Waals surface area contributed by atoms with E-state index < -0.39 is 11.2 Å². The Morgan fingerprint density at radius 3 is 2.79 bits per heavy atom. The van der Waals surface area contributed by atoms with Crippen molar-refractivity contribution in [1.82, 2.24) is 9.55 Å². The smallest absolute Gasteiger partial charge is 0.328 e. The number of carbonyl (C=O) groups excluding carboxylic acids is 1. The number of aromatic nitrogens is 2. The van der Waals surface area contributed by atoms with E-state index >= 15 is 0 Å². The number of carbonyl (C=O) groups is 1. The van der Waals surface area contributed by atoms with Gasteiger partial charge in [0.15, 0.2) is 0 Å². The molecule has 0 spiro atoms. The van der Waals surface area contributed by atoms with Gasteiger partial charge in [-0.05, 0) is 19.8 Å². The molecule has 0 radical (unpaired) electrons. The first-order chi connectivity index (χ1) is 9.04. The molecule has 1 rings (SSSR count). The average molecular weight is 289 g/mol. The summed E-state index contributed by atoms with van der Waals surface area (Å²) < 4.78 is 6.16. The van der Waals surface area contributed by atoms with Crippen LogP contribution in [0.3, 0.4) is 0 Å². The van der Waals surface area contributed by atoms with E-state index in [0.717, 1.165) is 12.8 Å². The van der Waals surface area contributed by atoms with Crippen molar-refractivity contribution in [3.05, 3.63) is 32.1 Å². The molecule has 7 heteroatoms. The molecule has 0 amide bonds. The third-order valence-corrected chi connectivity index (χ3v) is 2.82. The number of halogens is 1. The summed E-state index contributed by atoms with van der Waals surface area (Å²) in [6.45, 7) is 2.62. The van der Waals surface area contributed by atoms with E-state index in [1.807, 2.05) is 0 Å². The molecule has 1 aromatic heterocycles. The quantitative estimate of drug-likeness (QED) is 0.606. The van der Waals surface area contributed by atoms with Crippen molar-refractivity contribution in [2.45, 2.75) is 39.2 Å². The van der Waals surface area contributed by atoms with Crippen LogP contribution < -0.4 is 11.2 Å².